The fraction of sp³-hybridized carbons (Fsp3) is 0.346. The number of aromatic amines is 1. The molecular weight excluding hydrogens is 466 g/mol. The summed E-state index contributed by atoms with van der Waals surface area (Å²) in [6.45, 7) is 3.68. The van der Waals surface area contributed by atoms with Crippen molar-refractivity contribution >= 4 is 56.9 Å². The summed E-state index contributed by atoms with van der Waals surface area (Å²) in [6, 6.07) is 11.7. The van der Waals surface area contributed by atoms with E-state index in [9.17, 15) is 4.79 Å². The lowest BCUT2D eigenvalue weighted by molar-refractivity contribution is 0.0792. The maximum atomic E-state index is 13.0. The van der Waals surface area contributed by atoms with Crippen LogP contribution in [-0.2, 0) is 0 Å². The van der Waals surface area contributed by atoms with Crippen LogP contribution in [0.2, 0.25) is 5.02 Å². The third-order valence-corrected chi connectivity index (χ3v) is 7.32. The van der Waals surface area contributed by atoms with Gasteiger partial charge >= 0.3 is 0 Å². The number of rotatable bonds is 7. The number of nitrogens with zero attached hydrogens (tertiary/aromatic N) is 3. The number of likely N-dealkylation sites (tertiary alicyclic amines) is 1. The van der Waals surface area contributed by atoms with E-state index >= 15 is 0 Å². The number of aromatic nitrogens is 3. The average molecular weight is 494 g/mol. The zero-order chi connectivity index (χ0) is 23.7. The fourth-order valence-corrected chi connectivity index (χ4v) is 5.26. The Morgan fingerprint density at radius 1 is 1.21 bits per heavy atom. The predicted octanol–water partition coefficient (Wildman–Crippen LogP) is 6.22. The number of carbonyl (C=O) groups is 1. The zero-order valence-corrected chi connectivity index (χ0v) is 21.0. The van der Waals surface area contributed by atoms with Crippen molar-refractivity contribution in [1.29, 1.82) is 0 Å². The number of hydrogen-bond acceptors (Lipinski definition) is 5. The van der Waals surface area contributed by atoms with E-state index in [1.165, 1.54) is 0 Å². The van der Waals surface area contributed by atoms with Gasteiger partial charge in [-0.25, -0.2) is 4.98 Å². The lowest BCUT2D eigenvalue weighted by atomic mass is 10.0. The molecule has 8 heteroatoms. The van der Waals surface area contributed by atoms with Gasteiger partial charge in [0.2, 0.25) is 0 Å². The summed E-state index contributed by atoms with van der Waals surface area (Å²) in [5.74, 6) is 1.98. The minimum Gasteiger partial charge on any atom is -0.375 e. The standard InChI is InChI=1S/C26H28ClN5OS/c1-16-13-19-20(7-9-28-23(19)15-18(16)26(33)32-10-3-4-11-32)29-22(8-12-34-2)25-30-21-6-5-17(27)14-24(21)31-25/h5-7,9,13-15,22H,3-4,8,10-12H2,1-2H3,(H,28,29)(H,30,31). The average Bonchev–Trinajstić information content (AvgIpc) is 3.51. The molecule has 176 valence electrons. The summed E-state index contributed by atoms with van der Waals surface area (Å²) in [7, 11) is 0. The number of fused-ring (bicyclic) bond motifs is 2. The minimum absolute atomic E-state index is 0.00422. The fourth-order valence-electron chi connectivity index (χ4n) is 4.62. The molecule has 1 aliphatic heterocycles. The third kappa shape index (κ3) is 4.59. The molecule has 6 nitrogen and oxygen atoms in total. The molecule has 5 rings (SSSR count). The molecule has 0 aliphatic carbocycles. The van der Waals surface area contributed by atoms with Crippen molar-refractivity contribution in [2.24, 2.45) is 0 Å². The quantitative estimate of drug-likeness (QED) is 0.320. The van der Waals surface area contributed by atoms with Crippen molar-refractivity contribution in [3.8, 4) is 0 Å². The topological polar surface area (TPSA) is 73.9 Å². The van der Waals surface area contributed by atoms with Crippen molar-refractivity contribution in [3.05, 3.63) is 64.6 Å². The number of thioether (sulfide) groups is 1. The number of hydrogen-bond donors (Lipinski definition) is 2. The molecule has 0 saturated carbocycles. The van der Waals surface area contributed by atoms with E-state index in [-0.39, 0.29) is 11.9 Å². The van der Waals surface area contributed by atoms with E-state index in [1.54, 1.807) is 6.20 Å². The Morgan fingerprint density at radius 2 is 2.03 bits per heavy atom. The summed E-state index contributed by atoms with van der Waals surface area (Å²) >= 11 is 7.99. The first kappa shape index (κ1) is 23.0. The highest BCUT2D eigenvalue weighted by molar-refractivity contribution is 7.98. The van der Waals surface area contributed by atoms with Crippen molar-refractivity contribution < 1.29 is 4.79 Å². The maximum Gasteiger partial charge on any atom is 0.254 e. The molecule has 1 atom stereocenters. The van der Waals surface area contributed by atoms with Gasteiger partial charge in [0, 0.05) is 40.9 Å². The number of aryl methyl sites for hydroxylation is 1. The molecule has 1 saturated heterocycles. The van der Waals surface area contributed by atoms with Gasteiger partial charge in [0.25, 0.3) is 5.91 Å². The van der Waals surface area contributed by atoms with Crippen LogP contribution in [0.3, 0.4) is 0 Å². The van der Waals surface area contributed by atoms with E-state index in [0.717, 1.165) is 82.7 Å². The van der Waals surface area contributed by atoms with Gasteiger partial charge in [-0.3, -0.25) is 9.78 Å². The predicted molar refractivity (Wildman–Crippen MR) is 142 cm³/mol. The number of imidazole rings is 1. The van der Waals surface area contributed by atoms with Gasteiger partial charge in [0.1, 0.15) is 5.82 Å². The molecule has 3 heterocycles. The van der Waals surface area contributed by atoms with Gasteiger partial charge < -0.3 is 15.2 Å². The molecular formula is C26H28ClN5OS. The number of nitrogens with one attached hydrogen (secondary N) is 2. The highest BCUT2D eigenvalue weighted by atomic mass is 35.5. The van der Waals surface area contributed by atoms with Crippen molar-refractivity contribution in [3.63, 3.8) is 0 Å². The smallest absolute Gasteiger partial charge is 0.254 e. The molecule has 1 amide bonds. The first-order valence-electron chi connectivity index (χ1n) is 11.6. The molecule has 2 aromatic heterocycles. The molecule has 4 aromatic rings. The van der Waals surface area contributed by atoms with Gasteiger partial charge in [0.15, 0.2) is 0 Å². The Labute approximate surface area is 208 Å². The van der Waals surface area contributed by atoms with Gasteiger partial charge in [-0.05, 0) is 80.2 Å². The molecule has 1 aliphatic rings. The molecule has 1 unspecified atom stereocenters. The first-order chi connectivity index (χ1) is 16.5. The second-order valence-electron chi connectivity index (χ2n) is 8.80. The number of carbonyl (C=O) groups excluding carboxylic acids is 1. The normalized spacial score (nSPS) is 14.7. The summed E-state index contributed by atoms with van der Waals surface area (Å²) in [4.78, 5) is 27.9. The highest BCUT2D eigenvalue weighted by Crippen LogP contribution is 2.31. The van der Waals surface area contributed by atoms with Crippen LogP contribution in [0.15, 0.2) is 42.6 Å². The first-order valence-corrected chi connectivity index (χ1v) is 13.4. The molecule has 2 N–H and O–H groups in total. The molecule has 34 heavy (non-hydrogen) atoms. The number of anilines is 1. The maximum absolute atomic E-state index is 13.0. The van der Waals surface area contributed by atoms with Gasteiger partial charge in [-0.1, -0.05) is 11.6 Å². The summed E-state index contributed by atoms with van der Waals surface area (Å²) < 4.78 is 0. The second kappa shape index (κ2) is 9.84. The van der Waals surface area contributed by atoms with Crippen molar-refractivity contribution in [2.75, 3.05) is 30.4 Å². The Hall–Kier alpha value is -2.77. The number of halogens is 1. The summed E-state index contributed by atoms with van der Waals surface area (Å²) in [6.07, 6.45) is 6.98. The van der Waals surface area contributed by atoms with Crippen LogP contribution in [0.5, 0.6) is 0 Å². The summed E-state index contributed by atoms with van der Waals surface area (Å²) in [5.41, 5.74) is 5.34. The van der Waals surface area contributed by atoms with Crippen LogP contribution in [0.25, 0.3) is 21.9 Å². The highest BCUT2D eigenvalue weighted by Gasteiger charge is 2.22. The van der Waals surface area contributed by atoms with Gasteiger partial charge in [-0.15, -0.1) is 0 Å². The Balaban J connectivity index is 1.49. The summed E-state index contributed by atoms with van der Waals surface area (Å²) in [5, 5.41) is 5.40. The SMILES string of the molecule is CSCCC(Nc1ccnc2cc(C(=O)N3CCCC3)c(C)cc12)c1nc2ccc(Cl)cc2[nH]1. The minimum atomic E-state index is -0.00422. The number of pyridine rings is 1. The second-order valence-corrected chi connectivity index (χ2v) is 10.2. The lowest BCUT2D eigenvalue weighted by Crippen LogP contribution is -2.28. The van der Waals surface area contributed by atoms with Gasteiger partial charge in [-0.2, -0.15) is 11.8 Å². The van der Waals surface area contributed by atoms with E-state index in [0.29, 0.717) is 5.02 Å². The van der Waals surface area contributed by atoms with E-state index in [2.05, 4.69) is 27.6 Å². The lowest BCUT2D eigenvalue weighted by Gasteiger charge is -2.20. The Bertz CT molecular complexity index is 1350. The van der Waals surface area contributed by atoms with E-state index in [1.807, 2.05) is 53.9 Å². The molecule has 2 aromatic carbocycles. The Kier molecular flexibility index (Phi) is 6.66. The van der Waals surface area contributed by atoms with Crippen LogP contribution in [-0.4, -0.2) is 50.9 Å². The number of H-pyrrole nitrogens is 1. The van der Waals surface area contributed by atoms with E-state index < -0.39 is 0 Å². The largest absolute Gasteiger partial charge is 0.375 e. The Morgan fingerprint density at radius 3 is 2.82 bits per heavy atom. The van der Waals surface area contributed by atoms with Crippen LogP contribution in [0.1, 0.15) is 47.1 Å². The molecule has 0 bridgehead atoms. The van der Waals surface area contributed by atoms with Crippen LogP contribution < -0.4 is 5.32 Å². The van der Waals surface area contributed by atoms with Crippen LogP contribution in [0.4, 0.5) is 5.69 Å². The van der Waals surface area contributed by atoms with Crippen molar-refractivity contribution in [2.45, 2.75) is 32.2 Å². The van der Waals surface area contributed by atoms with E-state index in [4.69, 9.17) is 16.6 Å². The molecule has 1 fully saturated rings. The van der Waals surface area contributed by atoms with Crippen LogP contribution >= 0.6 is 23.4 Å². The van der Waals surface area contributed by atoms with Gasteiger partial charge in [0.05, 0.1) is 22.6 Å². The monoisotopic (exact) mass is 493 g/mol. The van der Waals surface area contributed by atoms with Crippen LogP contribution in [0, 0.1) is 6.92 Å². The molecule has 0 spiro atoms. The molecule has 0 radical (unpaired) electrons. The van der Waals surface area contributed by atoms with Crippen molar-refractivity contribution in [1.82, 2.24) is 19.9 Å². The third-order valence-electron chi connectivity index (χ3n) is 6.44. The zero-order valence-electron chi connectivity index (χ0n) is 19.4. The number of benzene rings is 2. The number of amides is 1.